The van der Waals surface area contributed by atoms with Crippen LogP contribution in [0.15, 0.2) is 22.9 Å². The number of carbonyl (C=O) groups is 1. The lowest BCUT2D eigenvalue weighted by atomic mass is 10.0. The molecule has 0 aliphatic heterocycles. The Morgan fingerprint density at radius 1 is 1.43 bits per heavy atom. The summed E-state index contributed by atoms with van der Waals surface area (Å²) in [5.41, 5.74) is 0.536. The molecule has 0 amide bonds. The molecule has 7 heteroatoms. The van der Waals surface area contributed by atoms with Gasteiger partial charge in [0, 0.05) is 6.20 Å². The molecule has 2 rings (SSSR count). The van der Waals surface area contributed by atoms with E-state index in [9.17, 15) is 4.79 Å². The van der Waals surface area contributed by atoms with E-state index in [0.717, 1.165) is 6.42 Å². The van der Waals surface area contributed by atoms with Gasteiger partial charge in [-0.2, -0.15) is 4.98 Å². The van der Waals surface area contributed by atoms with Crippen molar-refractivity contribution in [2.24, 2.45) is 0 Å². The summed E-state index contributed by atoms with van der Waals surface area (Å²) in [5.74, 6) is -0.309. The van der Waals surface area contributed by atoms with Crippen LogP contribution in [0, 0.1) is 0 Å². The first kappa shape index (κ1) is 15.4. The van der Waals surface area contributed by atoms with Gasteiger partial charge in [-0.1, -0.05) is 30.1 Å². The lowest BCUT2D eigenvalue weighted by molar-refractivity contribution is -0.145. The van der Waals surface area contributed by atoms with Crippen molar-refractivity contribution in [1.82, 2.24) is 15.1 Å². The molecule has 21 heavy (non-hydrogen) atoms. The Morgan fingerprint density at radius 2 is 2.24 bits per heavy atom. The first-order valence-corrected chi connectivity index (χ1v) is 7.15. The van der Waals surface area contributed by atoms with Crippen molar-refractivity contribution in [2.75, 3.05) is 6.61 Å². The van der Waals surface area contributed by atoms with Crippen LogP contribution in [0.5, 0.6) is 0 Å². The Hall–Kier alpha value is -1.95. The summed E-state index contributed by atoms with van der Waals surface area (Å²) in [7, 11) is 0. The Labute approximate surface area is 127 Å². The fourth-order valence-electron chi connectivity index (χ4n) is 1.86. The molecule has 1 atom stereocenters. The number of pyridine rings is 1. The van der Waals surface area contributed by atoms with Gasteiger partial charge < -0.3 is 9.26 Å². The number of hydrogen-bond acceptors (Lipinski definition) is 6. The van der Waals surface area contributed by atoms with Crippen LogP contribution >= 0.6 is 11.6 Å². The first-order chi connectivity index (χ1) is 10.2. The van der Waals surface area contributed by atoms with E-state index >= 15 is 0 Å². The quantitative estimate of drug-likeness (QED) is 0.762. The summed E-state index contributed by atoms with van der Waals surface area (Å²) in [6.07, 6.45) is 2.90. The average Bonchev–Trinajstić information content (AvgIpc) is 2.95. The van der Waals surface area contributed by atoms with Crippen LogP contribution < -0.4 is 0 Å². The molecule has 0 N–H and O–H groups in total. The number of hydrogen-bond donors (Lipinski definition) is 0. The number of rotatable bonds is 6. The van der Waals surface area contributed by atoms with Gasteiger partial charge >= 0.3 is 5.97 Å². The number of halogens is 1. The number of carbonyl (C=O) groups excluding carboxylic acids is 1. The highest BCUT2D eigenvalue weighted by Gasteiger charge is 2.27. The van der Waals surface area contributed by atoms with E-state index in [0.29, 0.717) is 29.6 Å². The van der Waals surface area contributed by atoms with Crippen LogP contribution in [0.25, 0.3) is 11.5 Å². The summed E-state index contributed by atoms with van der Waals surface area (Å²) in [4.78, 5) is 20.3. The summed E-state index contributed by atoms with van der Waals surface area (Å²) in [6.45, 7) is 4.06. The van der Waals surface area contributed by atoms with Crippen molar-refractivity contribution in [3.8, 4) is 11.5 Å². The largest absolute Gasteiger partial charge is 0.465 e. The van der Waals surface area contributed by atoms with Crippen molar-refractivity contribution < 1.29 is 14.1 Å². The Bertz CT molecular complexity index is 598. The molecule has 0 aliphatic rings. The zero-order valence-corrected chi connectivity index (χ0v) is 12.6. The molecule has 0 radical (unpaired) electrons. The predicted molar refractivity (Wildman–Crippen MR) is 76.8 cm³/mol. The van der Waals surface area contributed by atoms with E-state index in [2.05, 4.69) is 15.1 Å². The first-order valence-electron chi connectivity index (χ1n) is 6.77. The van der Waals surface area contributed by atoms with Crippen LogP contribution in [-0.4, -0.2) is 27.7 Å². The molecule has 0 saturated heterocycles. The Morgan fingerprint density at radius 3 is 2.86 bits per heavy atom. The third kappa shape index (κ3) is 3.78. The van der Waals surface area contributed by atoms with Gasteiger partial charge in [0.15, 0.2) is 0 Å². The molecule has 0 spiro atoms. The molecular weight excluding hydrogens is 294 g/mol. The van der Waals surface area contributed by atoms with E-state index in [1.807, 2.05) is 6.92 Å². The molecule has 0 aliphatic carbocycles. The predicted octanol–water partition coefficient (Wildman–Crippen LogP) is 3.23. The van der Waals surface area contributed by atoms with Crippen molar-refractivity contribution in [3.63, 3.8) is 0 Å². The highest BCUT2D eigenvalue weighted by atomic mass is 35.5. The molecule has 1 unspecified atom stereocenters. The minimum atomic E-state index is -0.538. The molecule has 0 bridgehead atoms. The molecule has 2 aromatic heterocycles. The van der Waals surface area contributed by atoms with Gasteiger partial charge in [0.2, 0.25) is 11.7 Å². The second kappa shape index (κ2) is 7.17. The van der Waals surface area contributed by atoms with E-state index in [1.54, 1.807) is 19.1 Å². The fraction of sp³-hybridized carbons (Fsp3) is 0.429. The van der Waals surface area contributed by atoms with E-state index in [1.165, 1.54) is 6.20 Å². The van der Waals surface area contributed by atoms with Gasteiger partial charge in [0.25, 0.3) is 0 Å². The summed E-state index contributed by atoms with van der Waals surface area (Å²) < 4.78 is 10.2. The van der Waals surface area contributed by atoms with Crippen LogP contribution in [0.1, 0.15) is 38.5 Å². The molecule has 6 nitrogen and oxygen atoms in total. The molecule has 0 fully saturated rings. The molecule has 2 heterocycles. The van der Waals surface area contributed by atoms with Gasteiger partial charge in [-0.05, 0) is 25.5 Å². The average molecular weight is 310 g/mol. The monoisotopic (exact) mass is 309 g/mol. The topological polar surface area (TPSA) is 78.1 Å². The third-order valence-electron chi connectivity index (χ3n) is 2.84. The maximum Gasteiger partial charge on any atom is 0.318 e. The smallest absolute Gasteiger partial charge is 0.318 e. The fourth-order valence-corrected chi connectivity index (χ4v) is 1.97. The lowest BCUT2D eigenvalue weighted by Gasteiger charge is -2.09. The molecule has 2 aromatic rings. The minimum Gasteiger partial charge on any atom is -0.465 e. The third-order valence-corrected chi connectivity index (χ3v) is 3.07. The van der Waals surface area contributed by atoms with Crippen LogP contribution in [0.3, 0.4) is 0 Å². The molecule has 0 aromatic carbocycles. The zero-order chi connectivity index (χ0) is 15.2. The second-order valence-electron chi connectivity index (χ2n) is 4.41. The van der Waals surface area contributed by atoms with Gasteiger partial charge in [-0.3, -0.25) is 9.78 Å². The lowest BCUT2D eigenvalue weighted by Crippen LogP contribution is -2.16. The van der Waals surface area contributed by atoms with Gasteiger partial charge in [0.05, 0.1) is 11.6 Å². The van der Waals surface area contributed by atoms with E-state index in [4.69, 9.17) is 20.9 Å². The van der Waals surface area contributed by atoms with E-state index in [-0.39, 0.29) is 11.9 Å². The van der Waals surface area contributed by atoms with Gasteiger partial charge in [-0.15, -0.1) is 0 Å². The summed E-state index contributed by atoms with van der Waals surface area (Å²) >= 11 is 5.78. The van der Waals surface area contributed by atoms with Crippen molar-refractivity contribution >= 4 is 17.6 Å². The molecular formula is C14H16ClN3O3. The van der Waals surface area contributed by atoms with Crippen LogP contribution in [0.2, 0.25) is 5.02 Å². The van der Waals surface area contributed by atoms with E-state index < -0.39 is 5.92 Å². The molecule has 0 saturated carbocycles. The van der Waals surface area contributed by atoms with Crippen LogP contribution in [0.4, 0.5) is 0 Å². The standard InChI is InChI=1S/C14H16ClN3O3/c1-3-5-10(14(19)20-4-2)13-17-12(18-21-13)11-7-6-9(15)8-16-11/h6-8,10H,3-5H2,1-2H3. The molecule has 112 valence electrons. The number of ether oxygens (including phenoxy) is 1. The summed E-state index contributed by atoms with van der Waals surface area (Å²) in [6, 6.07) is 3.38. The second-order valence-corrected chi connectivity index (χ2v) is 4.85. The normalized spacial score (nSPS) is 12.1. The Kier molecular flexibility index (Phi) is 5.27. The van der Waals surface area contributed by atoms with Crippen molar-refractivity contribution in [1.29, 1.82) is 0 Å². The Balaban J connectivity index is 2.23. The van der Waals surface area contributed by atoms with Crippen molar-refractivity contribution in [3.05, 3.63) is 29.2 Å². The maximum atomic E-state index is 11.9. The highest BCUT2D eigenvalue weighted by Crippen LogP contribution is 2.24. The van der Waals surface area contributed by atoms with Crippen LogP contribution in [-0.2, 0) is 9.53 Å². The van der Waals surface area contributed by atoms with Gasteiger partial charge in [0.1, 0.15) is 11.6 Å². The van der Waals surface area contributed by atoms with Gasteiger partial charge in [-0.25, -0.2) is 0 Å². The van der Waals surface area contributed by atoms with Crippen molar-refractivity contribution in [2.45, 2.75) is 32.6 Å². The number of nitrogens with zero attached hydrogens (tertiary/aromatic N) is 3. The SMILES string of the molecule is CCCC(C(=O)OCC)c1nc(-c2ccc(Cl)cn2)no1. The highest BCUT2D eigenvalue weighted by molar-refractivity contribution is 6.30. The minimum absolute atomic E-state index is 0.252. The number of aromatic nitrogens is 3. The maximum absolute atomic E-state index is 11.9. The zero-order valence-electron chi connectivity index (χ0n) is 11.9. The number of esters is 1. The summed E-state index contributed by atoms with van der Waals surface area (Å²) in [5, 5.41) is 4.39.